The standard InChI is InChI=1S/C32H38F2N4O3S/c1-20-6-5-13-35-27(20)30(2,3)15-23(39)16-32(18-38(19-32)22-9-11-31(4,41)12-10-22)17-26(40)29-37-36-28(42-29)24-8-7-21(33)14-25(24)34/h5-8,13-14,22,41H,9-12,15-19H2,1-4H3. The fourth-order valence-corrected chi connectivity index (χ4v) is 7.53. The maximum Gasteiger partial charge on any atom is 0.194 e. The number of aryl methyl sites for hydroxylation is 1. The van der Waals surface area contributed by atoms with Crippen LogP contribution in [0.15, 0.2) is 36.5 Å². The van der Waals surface area contributed by atoms with Crippen LogP contribution in [-0.2, 0) is 10.2 Å². The van der Waals surface area contributed by atoms with Gasteiger partial charge < -0.3 is 5.11 Å². The highest BCUT2D eigenvalue weighted by Crippen LogP contribution is 2.44. The average molecular weight is 597 g/mol. The minimum absolute atomic E-state index is 0.0791. The number of rotatable bonds is 10. The minimum atomic E-state index is -0.765. The van der Waals surface area contributed by atoms with Crippen LogP contribution in [0.5, 0.6) is 0 Å². The van der Waals surface area contributed by atoms with Crippen molar-refractivity contribution in [2.75, 3.05) is 13.1 Å². The van der Waals surface area contributed by atoms with Crippen LogP contribution in [0.2, 0.25) is 0 Å². The fraction of sp³-hybridized carbons (Fsp3) is 0.531. The number of hydrogen-bond acceptors (Lipinski definition) is 8. The lowest BCUT2D eigenvalue weighted by Gasteiger charge is -2.54. The van der Waals surface area contributed by atoms with Gasteiger partial charge in [0.15, 0.2) is 15.8 Å². The number of aliphatic hydroxyl groups is 1. The SMILES string of the molecule is Cc1cccnc1C(C)(C)CC(=O)CC1(CC(=O)c2nnc(-c3ccc(F)cc3F)s2)CN(C2CCC(C)(O)CC2)C1. The summed E-state index contributed by atoms with van der Waals surface area (Å²) < 4.78 is 27.7. The molecule has 0 bridgehead atoms. The van der Waals surface area contributed by atoms with Gasteiger partial charge >= 0.3 is 0 Å². The molecular weight excluding hydrogens is 558 g/mol. The number of Topliss-reactive ketones (excluding diaryl/α,β-unsaturated/α-hetero) is 2. The van der Waals surface area contributed by atoms with Crippen molar-refractivity contribution in [3.8, 4) is 10.6 Å². The molecule has 1 aliphatic carbocycles. The molecule has 0 radical (unpaired) electrons. The van der Waals surface area contributed by atoms with Gasteiger partial charge in [0.25, 0.3) is 0 Å². The molecule has 2 aromatic heterocycles. The van der Waals surface area contributed by atoms with E-state index in [1.807, 2.05) is 39.8 Å². The Morgan fingerprint density at radius 3 is 2.50 bits per heavy atom. The highest BCUT2D eigenvalue weighted by Gasteiger charge is 2.49. The van der Waals surface area contributed by atoms with E-state index in [1.54, 1.807) is 6.20 Å². The first-order chi connectivity index (χ1) is 19.8. The maximum atomic E-state index is 14.3. The van der Waals surface area contributed by atoms with Gasteiger partial charge in [-0.05, 0) is 63.3 Å². The summed E-state index contributed by atoms with van der Waals surface area (Å²) in [4.78, 5) is 34.0. The number of halogens is 2. The highest BCUT2D eigenvalue weighted by molar-refractivity contribution is 7.16. The molecule has 7 nitrogen and oxygen atoms in total. The summed E-state index contributed by atoms with van der Waals surface area (Å²) in [7, 11) is 0. The number of carbonyl (C=O) groups is 2. The highest BCUT2D eigenvalue weighted by atomic mass is 32.1. The summed E-state index contributed by atoms with van der Waals surface area (Å²) in [5.41, 5.74) is 0.373. The Bertz CT molecular complexity index is 1470. The van der Waals surface area contributed by atoms with Gasteiger partial charge in [-0.2, -0.15) is 0 Å². The second kappa shape index (κ2) is 11.6. The predicted molar refractivity (Wildman–Crippen MR) is 157 cm³/mol. The Kier molecular flexibility index (Phi) is 8.44. The van der Waals surface area contributed by atoms with Crippen LogP contribution in [0, 0.1) is 24.0 Å². The molecule has 224 valence electrons. The van der Waals surface area contributed by atoms with Gasteiger partial charge in [-0.15, -0.1) is 10.2 Å². The van der Waals surface area contributed by atoms with Crippen LogP contribution in [-0.4, -0.2) is 61.5 Å². The van der Waals surface area contributed by atoms with Gasteiger partial charge in [0, 0.05) is 72.7 Å². The van der Waals surface area contributed by atoms with Crippen molar-refractivity contribution in [1.29, 1.82) is 0 Å². The summed E-state index contributed by atoms with van der Waals surface area (Å²) in [5.74, 6) is -1.62. The summed E-state index contributed by atoms with van der Waals surface area (Å²) in [6, 6.07) is 7.40. The van der Waals surface area contributed by atoms with Crippen molar-refractivity contribution in [3.05, 3.63) is 64.4 Å². The maximum absolute atomic E-state index is 14.3. The van der Waals surface area contributed by atoms with Crippen molar-refractivity contribution >= 4 is 22.9 Å². The molecule has 0 unspecified atom stereocenters. The molecule has 2 aliphatic rings. The Balaban J connectivity index is 1.32. The molecule has 1 saturated heterocycles. The van der Waals surface area contributed by atoms with E-state index in [0.717, 1.165) is 60.4 Å². The lowest BCUT2D eigenvalue weighted by molar-refractivity contribution is -0.128. The Morgan fingerprint density at radius 2 is 1.83 bits per heavy atom. The number of carbonyl (C=O) groups excluding carboxylic acids is 2. The lowest BCUT2D eigenvalue weighted by atomic mass is 9.68. The van der Waals surface area contributed by atoms with E-state index in [1.165, 1.54) is 6.07 Å². The summed E-state index contributed by atoms with van der Waals surface area (Å²) in [6.07, 6.45) is 5.64. The third kappa shape index (κ3) is 6.66. The molecule has 1 N–H and O–H groups in total. The smallest absolute Gasteiger partial charge is 0.194 e. The van der Waals surface area contributed by atoms with Gasteiger partial charge in [-0.25, -0.2) is 8.78 Å². The summed E-state index contributed by atoms with van der Waals surface area (Å²) >= 11 is 0.977. The van der Waals surface area contributed by atoms with Gasteiger partial charge in [0.2, 0.25) is 0 Å². The van der Waals surface area contributed by atoms with Crippen LogP contribution in [0.25, 0.3) is 10.6 Å². The van der Waals surface area contributed by atoms with Crippen LogP contribution < -0.4 is 0 Å². The number of ketones is 2. The molecule has 0 amide bonds. The van der Waals surface area contributed by atoms with E-state index in [2.05, 4.69) is 20.1 Å². The molecule has 1 saturated carbocycles. The van der Waals surface area contributed by atoms with E-state index in [4.69, 9.17) is 0 Å². The number of benzene rings is 1. The van der Waals surface area contributed by atoms with Crippen molar-refractivity contribution < 1.29 is 23.5 Å². The zero-order valence-corrected chi connectivity index (χ0v) is 25.4. The molecule has 10 heteroatoms. The summed E-state index contributed by atoms with van der Waals surface area (Å²) in [5, 5.41) is 18.8. The molecule has 1 aliphatic heterocycles. The number of nitrogens with zero attached hydrogens (tertiary/aromatic N) is 4. The zero-order chi connectivity index (χ0) is 30.3. The van der Waals surface area contributed by atoms with Gasteiger partial charge in [0.05, 0.1) is 5.60 Å². The molecule has 0 spiro atoms. The molecule has 0 atom stereocenters. The zero-order valence-electron chi connectivity index (χ0n) is 24.6. The van der Waals surface area contributed by atoms with Crippen LogP contribution in [0.4, 0.5) is 8.78 Å². The van der Waals surface area contributed by atoms with E-state index >= 15 is 0 Å². The minimum Gasteiger partial charge on any atom is -0.390 e. The molecule has 3 aromatic rings. The molecule has 3 heterocycles. The number of aromatic nitrogens is 3. The molecule has 5 rings (SSSR count). The van der Waals surface area contributed by atoms with Gasteiger partial charge in [-0.1, -0.05) is 31.3 Å². The number of pyridine rings is 1. The van der Waals surface area contributed by atoms with E-state index in [0.29, 0.717) is 25.6 Å². The summed E-state index contributed by atoms with van der Waals surface area (Å²) in [6.45, 7) is 9.14. The van der Waals surface area contributed by atoms with Crippen LogP contribution in [0.3, 0.4) is 0 Å². The Morgan fingerprint density at radius 1 is 1.12 bits per heavy atom. The first-order valence-corrected chi connectivity index (χ1v) is 15.3. The van der Waals surface area contributed by atoms with Gasteiger partial charge in [0.1, 0.15) is 17.4 Å². The van der Waals surface area contributed by atoms with Crippen molar-refractivity contribution in [1.82, 2.24) is 20.1 Å². The van der Waals surface area contributed by atoms with E-state index in [-0.39, 0.29) is 40.0 Å². The van der Waals surface area contributed by atoms with Crippen molar-refractivity contribution in [2.24, 2.45) is 5.41 Å². The Labute approximate surface area is 249 Å². The second-order valence-electron chi connectivity index (χ2n) is 13.2. The quantitative estimate of drug-likeness (QED) is 0.283. The first kappa shape index (κ1) is 30.5. The second-order valence-corrected chi connectivity index (χ2v) is 14.2. The molecular formula is C32H38F2N4O3S. The van der Waals surface area contributed by atoms with Crippen molar-refractivity contribution in [2.45, 2.75) is 89.7 Å². The largest absolute Gasteiger partial charge is 0.390 e. The van der Waals surface area contributed by atoms with Crippen LogP contribution >= 0.6 is 11.3 Å². The number of hydrogen-bond donors (Lipinski definition) is 1. The van der Waals surface area contributed by atoms with Crippen molar-refractivity contribution in [3.63, 3.8) is 0 Å². The predicted octanol–water partition coefficient (Wildman–Crippen LogP) is 6.08. The number of likely N-dealkylation sites (tertiary alicyclic amines) is 1. The third-order valence-corrected chi connectivity index (χ3v) is 9.85. The average Bonchev–Trinajstić information content (AvgIpc) is 3.37. The Hall–Kier alpha value is -2.95. The normalized spacial score (nSPS) is 22.5. The van der Waals surface area contributed by atoms with Crippen LogP contribution in [0.1, 0.15) is 86.8 Å². The molecule has 1 aromatic carbocycles. The monoisotopic (exact) mass is 596 g/mol. The molecule has 2 fully saturated rings. The van der Waals surface area contributed by atoms with E-state index < -0.39 is 28.1 Å². The molecule has 42 heavy (non-hydrogen) atoms. The fourth-order valence-electron chi connectivity index (χ4n) is 6.72. The topological polar surface area (TPSA) is 96.3 Å². The van der Waals surface area contributed by atoms with Gasteiger partial charge in [-0.3, -0.25) is 19.5 Å². The first-order valence-electron chi connectivity index (χ1n) is 14.5. The van der Waals surface area contributed by atoms with E-state index in [9.17, 15) is 23.5 Å². The third-order valence-electron chi connectivity index (χ3n) is 8.85. The lowest BCUT2D eigenvalue weighted by Crippen LogP contribution is -2.62.